The van der Waals surface area contributed by atoms with Crippen LogP contribution < -0.4 is 0 Å². The van der Waals surface area contributed by atoms with Crippen molar-refractivity contribution >= 4 is 9.84 Å². The summed E-state index contributed by atoms with van der Waals surface area (Å²) in [6.45, 7) is 4.46. The fourth-order valence-corrected chi connectivity index (χ4v) is 2.92. The van der Waals surface area contributed by atoms with Crippen LogP contribution in [0.1, 0.15) is 11.1 Å². The van der Waals surface area contributed by atoms with E-state index in [0.717, 1.165) is 11.1 Å². The first-order valence-electron chi connectivity index (χ1n) is 4.91. The smallest absolute Gasteiger partial charge is 0.181 e. The highest BCUT2D eigenvalue weighted by Gasteiger charge is 2.30. The van der Waals surface area contributed by atoms with Crippen molar-refractivity contribution in [2.45, 2.75) is 24.8 Å². The van der Waals surface area contributed by atoms with Crippen LogP contribution in [0.5, 0.6) is 0 Å². The van der Waals surface area contributed by atoms with Gasteiger partial charge in [0.1, 0.15) is 0 Å². The molecule has 0 aromatic heterocycles. The Labute approximate surface area is 90.0 Å². The number of aryl methyl sites for hydroxylation is 2. The van der Waals surface area contributed by atoms with E-state index in [-0.39, 0.29) is 11.9 Å². The Balaban J connectivity index is 2.31. The van der Waals surface area contributed by atoms with Crippen LogP contribution in [0.4, 0.5) is 0 Å². The van der Waals surface area contributed by atoms with Gasteiger partial charge in [0.2, 0.25) is 0 Å². The maximum atomic E-state index is 11.9. The zero-order valence-electron chi connectivity index (χ0n) is 8.86. The zero-order valence-corrected chi connectivity index (χ0v) is 9.67. The lowest BCUT2D eigenvalue weighted by Crippen LogP contribution is -2.11. The molecule has 1 aromatic carbocycles. The number of hydrogen-bond acceptors (Lipinski definition) is 3. The fraction of sp³-hybridized carbons (Fsp3) is 0.455. The van der Waals surface area contributed by atoms with E-state index in [2.05, 4.69) is 0 Å². The molecular weight excluding hydrogens is 212 g/mol. The van der Waals surface area contributed by atoms with Gasteiger partial charge in [-0.25, -0.2) is 8.42 Å². The Hall–Kier alpha value is -0.870. The van der Waals surface area contributed by atoms with Crippen LogP contribution in [0.25, 0.3) is 0 Å². The third-order valence-corrected chi connectivity index (χ3v) is 4.43. The van der Waals surface area contributed by atoms with Gasteiger partial charge in [-0.1, -0.05) is 6.07 Å². The standard InChI is InChI=1S/C11H14O3S/c1-8-3-4-11(5-9(8)2)15(12,13)7-10-6-14-10/h3-5,10H,6-7H2,1-2H3. The van der Waals surface area contributed by atoms with Crippen LogP contribution in [-0.2, 0) is 14.6 Å². The molecule has 1 aromatic rings. The normalized spacial score (nSPS) is 20.3. The Morgan fingerprint density at radius 2 is 2.00 bits per heavy atom. The summed E-state index contributed by atoms with van der Waals surface area (Å²) in [6.07, 6.45) is -0.0865. The Morgan fingerprint density at radius 3 is 2.53 bits per heavy atom. The molecule has 1 fully saturated rings. The van der Waals surface area contributed by atoms with Crippen molar-refractivity contribution in [1.29, 1.82) is 0 Å². The first kappa shape index (κ1) is 10.6. The van der Waals surface area contributed by atoms with Crippen LogP contribution in [0.2, 0.25) is 0 Å². The average molecular weight is 226 g/mol. The zero-order chi connectivity index (χ0) is 11.1. The van der Waals surface area contributed by atoms with Gasteiger partial charge in [-0.3, -0.25) is 0 Å². The molecule has 0 radical (unpaired) electrons. The third-order valence-electron chi connectivity index (χ3n) is 2.65. The van der Waals surface area contributed by atoms with Gasteiger partial charge in [0.15, 0.2) is 9.84 Å². The maximum absolute atomic E-state index is 11.9. The van der Waals surface area contributed by atoms with Crippen LogP contribution >= 0.6 is 0 Å². The largest absolute Gasteiger partial charge is 0.372 e. The summed E-state index contributed by atoms with van der Waals surface area (Å²) in [5.74, 6) is 0.107. The van der Waals surface area contributed by atoms with Gasteiger partial charge in [-0.15, -0.1) is 0 Å². The Bertz CT molecular complexity index is 473. The van der Waals surface area contributed by atoms with Gasteiger partial charge >= 0.3 is 0 Å². The summed E-state index contributed by atoms with van der Waals surface area (Å²) in [7, 11) is -3.16. The van der Waals surface area contributed by atoms with Crippen molar-refractivity contribution < 1.29 is 13.2 Å². The summed E-state index contributed by atoms with van der Waals surface area (Å²) in [5, 5.41) is 0. The summed E-state index contributed by atoms with van der Waals surface area (Å²) in [4.78, 5) is 0.404. The van der Waals surface area contributed by atoms with Gasteiger partial charge in [-0.2, -0.15) is 0 Å². The minimum absolute atomic E-state index is 0.0865. The molecule has 0 aliphatic carbocycles. The monoisotopic (exact) mass is 226 g/mol. The summed E-state index contributed by atoms with van der Waals surface area (Å²) >= 11 is 0. The predicted molar refractivity (Wildman–Crippen MR) is 57.7 cm³/mol. The highest BCUT2D eigenvalue weighted by atomic mass is 32.2. The Kier molecular flexibility index (Phi) is 2.56. The molecule has 0 bridgehead atoms. The lowest BCUT2D eigenvalue weighted by Gasteiger charge is -2.05. The Morgan fingerprint density at radius 1 is 1.33 bits per heavy atom. The van der Waals surface area contributed by atoms with E-state index in [4.69, 9.17) is 4.74 Å². The number of epoxide rings is 1. The molecule has 1 aliphatic rings. The van der Waals surface area contributed by atoms with E-state index in [0.29, 0.717) is 11.5 Å². The van der Waals surface area contributed by atoms with Gasteiger partial charge in [-0.05, 0) is 37.1 Å². The van der Waals surface area contributed by atoms with Gasteiger partial charge in [0, 0.05) is 0 Å². The lowest BCUT2D eigenvalue weighted by atomic mass is 10.1. The third kappa shape index (κ3) is 2.38. The molecule has 0 N–H and O–H groups in total. The summed E-state index contributed by atoms with van der Waals surface area (Å²) in [6, 6.07) is 5.24. The van der Waals surface area contributed by atoms with Gasteiger partial charge in [0.05, 0.1) is 23.4 Å². The first-order chi connectivity index (χ1) is 6.99. The number of ether oxygens (including phenoxy) is 1. The predicted octanol–water partition coefficient (Wildman–Crippen LogP) is 1.48. The molecule has 1 saturated heterocycles. The summed E-state index contributed by atoms with van der Waals surface area (Å²) < 4.78 is 28.7. The summed E-state index contributed by atoms with van der Waals surface area (Å²) in [5.41, 5.74) is 2.12. The van der Waals surface area contributed by atoms with Gasteiger partial charge < -0.3 is 4.74 Å². The number of benzene rings is 1. The van der Waals surface area contributed by atoms with E-state index >= 15 is 0 Å². The molecular formula is C11H14O3S. The van der Waals surface area contributed by atoms with E-state index in [9.17, 15) is 8.42 Å². The SMILES string of the molecule is Cc1ccc(S(=O)(=O)CC2CO2)cc1C. The van der Waals surface area contributed by atoms with Crippen molar-refractivity contribution in [3.63, 3.8) is 0 Å². The molecule has 0 saturated carbocycles. The molecule has 0 spiro atoms. The van der Waals surface area contributed by atoms with Crippen LogP contribution in [0, 0.1) is 13.8 Å². The van der Waals surface area contributed by atoms with Crippen LogP contribution in [0.3, 0.4) is 0 Å². The maximum Gasteiger partial charge on any atom is 0.181 e. The number of sulfone groups is 1. The minimum atomic E-state index is -3.16. The van der Waals surface area contributed by atoms with Gasteiger partial charge in [0.25, 0.3) is 0 Å². The molecule has 82 valence electrons. The van der Waals surface area contributed by atoms with E-state index in [1.54, 1.807) is 12.1 Å². The molecule has 1 unspecified atom stereocenters. The molecule has 1 aliphatic heterocycles. The number of hydrogen-bond donors (Lipinski definition) is 0. The quantitative estimate of drug-likeness (QED) is 0.733. The highest BCUT2D eigenvalue weighted by Crippen LogP contribution is 2.20. The van der Waals surface area contributed by atoms with Crippen LogP contribution in [0.15, 0.2) is 23.1 Å². The second-order valence-corrected chi connectivity index (χ2v) is 6.02. The van der Waals surface area contributed by atoms with E-state index < -0.39 is 9.84 Å². The molecule has 1 heterocycles. The van der Waals surface area contributed by atoms with Crippen molar-refractivity contribution in [3.8, 4) is 0 Å². The second kappa shape index (κ2) is 3.61. The number of rotatable bonds is 3. The average Bonchev–Trinajstić information content (AvgIpc) is 2.92. The molecule has 2 rings (SSSR count). The van der Waals surface area contributed by atoms with Crippen molar-refractivity contribution in [1.82, 2.24) is 0 Å². The fourth-order valence-electron chi connectivity index (χ4n) is 1.41. The van der Waals surface area contributed by atoms with E-state index in [1.165, 1.54) is 0 Å². The minimum Gasteiger partial charge on any atom is -0.372 e. The van der Waals surface area contributed by atoms with Crippen LogP contribution in [-0.4, -0.2) is 26.9 Å². The molecule has 3 nitrogen and oxygen atoms in total. The van der Waals surface area contributed by atoms with Crippen molar-refractivity contribution in [2.75, 3.05) is 12.4 Å². The van der Waals surface area contributed by atoms with Crippen molar-refractivity contribution in [3.05, 3.63) is 29.3 Å². The first-order valence-corrected chi connectivity index (χ1v) is 6.56. The molecule has 0 amide bonds. The lowest BCUT2D eigenvalue weighted by molar-refractivity contribution is 0.422. The highest BCUT2D eigenvalue weighted by molar-refractivity contribution is 7.91. The van der Waals surface area contributed by atoms with E-state index in [1.807, 2.05) is 19.9 Å². The topological polar surface area (TPSA) is 46.7 Å². The van der Waals surface area contributed by atoms with Crippen molar-refractivity contribution in [2.24, 2.45) is 0 Å². The second-order valence-electron chi connectivity index (χ2n) is 3.98. The molecule has 4 heteroatoms. The molecule has 15 heavy (non-hydrogen) atoms. The molecule has 1 atom stereocenters.